The zero-order valence-electron chi connectivity index (χ0n) is 6.78. The van der Waals surface area contributed by atoms with Crippen molar-refractivity contribution >= 4 is 11.8 Å². The van der Waals surface area contributed by atoms with Gasteiger partial charge in [0, 0.05) is 5.57 Å². The molecule has 0 bridgehead atoms. The van der Waals surface area contributed by atoms with Crippen molar-refractivity contribution < 1.29 is 4.79 Å². The highest BCUT2D eigenvalue weighted by molar-refractivity contribution is 6.17. The van der Waals surface area contributed by atoms with Crippen LogP contribution in [0.5, 0.6) is 0 Å². The lowest BCUT2D eigenvalue weighted by Gasteiger charge is -1.90. The molecule has 0 fully saturated rings. The van der Waals surface area contributed by atoms with Crippen LogP contribution in [0, 0.1) is 0 Å². The van der Waals surface area contributed by atoms with Crippen LogP contribution in [0.2, 0.25) is 0 Å². The summed E-state index contributed by atoms with van der Waals surface area (Å²) in [7, 11) is 0. The number of allylic oxidation sites excluding steroid dienone is 1. The third-order valence-corrected chi connectivity index (χ3v) is 2.06. The van der Waals surface area contributed by atoms with Gasteiger partial charge >= 0.3 is 5.71 Å². The van der Waals surface area contributed by atoms with Gasteiger partial charge in [-0.3, -0.25) is 0 Å². The molecule has 0 amide bonds. The van der Waals surface area contributed by atoms with Gasteiger partial charge in [0.25, 0.3) is 0 Å². The maximum atomic E-state index is 8.73. The summed E-state index contributed by atoms with van der Waals surface area (Å²) in [5.41, 5.74) is 12.6. The molecule has 0 atom stereocenters. The molecular weight excluding hydrogens is 148 g/mol. The van der Waals surface area contributed by atoms with Gasteiger partial charge in [0.15, 0.2) is 0 Å². The van der Waals surface area contributed by atoms with Crippen molar-refractivity contribution in [2.24, 2.45) is 0 Å². The van der Waals surface area contributed by atoms with Crippen LogP contribution in [0.25, 0.3) is 11.6 Å². The molecule has 0 unspecified atom stereocenters. The van der Waals surface area contributed by atoms with Gasteiger partial charge in [-0.2, -0.15) is 4.79 Å². The van der Waals surface area contributed by atoms with Crippen molar-refractivity contribution in [3.8, 4) is 0 Å². The molecule has 0 spiro atoms. The smallest absolute Gasteiger partial charge is 0.325 e. The number of nitrogens with zero attached hydrogens (tertiary/aromatic N) is 2. The minimum Gasteiger partial charge on any atom is -0.361 e. The van der Waals surface area contributed by atoms with E-state index >= 15 is 0 Å². The van der Waals surface area contributed by atoms with E-state index in [1.807, 2.05) is 37.3 Å². The molecular formula is C10H8N2. The van der Waals surface area contributed by atoms with E-state index < -0.39 is 0 Å². The van der Waals surface area contributed by atoms with Crippen molar-refractivity contribution in [1.82, 2.24) is 0 Å². The zero-order chi connectivity index (χ0) is 8.55. The Morgan fingerprint density at radius 2 is 2.00 bits per heavy atom. The summed E-state index contributed by atoms with van der Waals surface area (Å²) in [5, 5.41) is 0. The van der Waals surface area contributed by atoms with Crippen LogP contribution in [0.4, 0.5) is 0 Å². The largest absolute Gasteiger partial charge is 0.361 e. The van der Waals surface area contributed by atoms with E-state index in [-0.39, 0.29) is 0 Å². The summed E-state index contributed by atoms with van der Waals surface area (Å²) in [6.45, 7) is 1.94. The molecule has 0 aliphatic heterocycles. The molecule has 2 nitrogen and oxygen atoms in total. The first kappa shape index (κ1) is 7.01. The van der Waals surface area contributed by atoms with Gasteiger partial charge in [0.2, 0.25) is 0 Å². The number of hydrogen-bond donors (Lipinski definition) is 0. The fourth-order valence-electron chi connectivity index (χ4n) is 1.49. The third kappa shape index (κ3) is 0.825. The molecule has 0 N–H and O–H groups in total. The summed E-state index contributed by atoms with van der Waals surface area (Å²) in [4.78, 5) is 3.26. The predicted molar refractivity (Wildman–Crippen MR) is 47.8 cm³/mol. The average Bonchev–Trinajstić information content (AvgIpc) is 2.40. The molecule has 1 aliphatic rings. The molecule has 0 saturated carbocycles. The Morgan fingerprint density at radius 1 is 1.25 bits per heavy atom. The topological polar surface area (TPSA) is 36.4 Å². The van der Waals surface area contributed by atoms with Crippen LogP contribution >= 0.6 is 0 Å². The Bertz CT molecular complexity index is 410. The normalized spacial score (nSPS) is 13.8. The monoisotopic (exact) mass is 156 g/mol. The summed E-state index contributed by atoms with van der Waals surface area (Å²) in [6.07, 6.45) is 2.02. The Morgan fingerprint density at radius 3 is 2.75 bits per heavy atom. The predicted octanol–water partition coefficient (Wildman–Crippen LogP) is 2.12. The average molecular weight is 156 g/mol. The summed E-state index contributed by atoms with van der Waals surface area (Å²) < 4.78 is 0. The second-order valence-corrected chi connectivity index (χ2v) is 2.86. The molecule has 2 rings (SSSR count). The number of rotatable bonds is 0. The second-order valence-electron chi connectivity index (χ2n) is 2.86. The number of fused-ring (bicyclic) bond motifs is 1. The molecule has 2 heteroatoms. The molecule has 0 heterocycles. The first-order valence-corrected chi connectivity index (χ1v) is 3.83. The lowest BCUT2D eigenvalue weighted by Crippen LogP contribution is -1.98. The zero-order valence-corrected chi connectivity index (χ0v) is 6.78. The fraction of sp³-hybridized carbons (Fsp3) is 0.100. The van der Waals surface area contributed by atoms with Gasteiger partial charge in [0.1, 0.15) is 0 Å². The first-order chi connectivity index (χ1) is 5.83. The maximum Gasteiger partial charge on any atom is 0.325 e. The molecule has 1 aromatic rings. The highest BCUT2D eigenvalue weighted by Gasteiger charge is 2.23. The highest BCUT2D eigenvalue weighted by Crippen LogP contribution is 2.23. The Kier molecular flexibility index (Phi) is 1.42. The van der Waals surface area contributed by atoms with E-state index in [4.69, 9.17) is 5.53 Å². The minimum absolute atomic E-state index is 0.686. The molecule has 0 saturated heterocycles. The van der Waals surface area contributed by atoms with Gasteiger partial charge in [0.05, 0.1) is 5.56 Å². The minimum atomic E-state index is 0.686. The first-order valence-electron chi connectivity index (χ1n) is 3.83. The van der Waals surface area contributed by atoms with Crippen LogP contribution in [0.1, 0.15) is 18.1 Å². The summed E-state index contributed by atoms with van der Waals surface area (Å²) in [5.74, 6) is 0. The Balaban J connectivity index is 2.73. The van der Waals surface area contributed by atoms with Crippen LogP contribution in [-0.2, 0) is 0 Å². The van der Waals surface area contributed by atoms with Crippen LogP contribution in [0.15, 0.2) is 29.8 Å². The van der Waals surface area contributed by atoms with Crippen molar-refractivity contribution in [2.75, 3.05) is 0 Å². The van der Waals surface area contributed by atoms with Crippen LogP contribution < -0.4 is 0 Å². The van der Waals surface area contributed by atoms with E-state index in [0.717, 1.165) is 16.7 Å². The van der Waals surface area contributed by atoms with Gasteiger partial charge in [-0.25, -0.2) is 0 Å². The molecule has 1 aliphatic carbocycles. The van der Waals surface area contributed by atoms with E-state index in [0.29, 0.717) is 5.71 Å². The fourth-order valence-corrected chi connectivity index (χ4v) is 1.49. The molecule has 1 aromatic carbocycles. The number of benzene rings is 1. The standard InChI is InChI=1S/C10H8N2/c1-7-6-8-4-2-3-5-9(8)10(7)12-11/h2-6H,1H3. The molecule has 0 radical (unpaired) electrons. The second kappa shape index (κ2) is 2.43. The Labute approximate surface area is 70.8 Å². The highest BCUT2D eigenvalue weighted by atomic mass is 14.9. The quantitative estimate of drug-likeness (QED) is 0.407. The lowest BCUT2D eigenvalue weighted by molar-refractivity contribution is -0.00282. The van der Waals surface area contributed by atoms with E-state index in [9.17, 15) is 0 Å². The SMILES string of the molecule is CC1=Cc2ccccc2C1=[N+]=[N-]. The lowest BCUT2D eigenvalue weighted by atomic mass is 10.1. The van der Waals surface area contributed by atoms with Crippen molar-refractivity contribution in [3.05, 3.63) is 46.5 Å². The van der Waals surface area contributed by atoms with Gasteiger partial charge in [-0.1, -0.05) is 18.2 Å². The van der Waals surface area contributed by atoms with Gasteiger partial charge < -0.3 is 5.53 Å². The van der Waals surface area contributed by atoms with E-state index in [1.54, 1.807) is 0 Å². The summed E-state index contributed by atoms with van der Waals surface area (Å²) >= 11 is 0. The van der Waals surface area contributed by atoms with Crippen LogP contribution in [0.3, 0.4) is 0 Å². The molecule has 0 aromatic heterocycles. The van der Waals surface area contributed by atoms with Crippen molar-refractivity contribution in [2.45, 2.75) is 6.92 Å². The van der Waals surface area contributed by atoms with E-state index in [2.05, 4.69) is 4.79 Å². The van der Waals surface area contributed by atoms with Crippen molar-refractivity contribution in [3.63, 3.8) is 0 Å². The molecule has 58 valence electrons. The van der Waals surface area contributed by atoms with Crippen LogP contribution in [-0.4, -0.2) is 10.5 Å². The molecule has 12 heavy (non-hydrogen) atoms. The van der Waals surface area contributed by atoms with Gasteiger partial charge in [-0.15, -0.1) is 0 Å². The summed E-state index contributed by atoms with van der Waals surface area (Å²) in [6, 6.07) is 7.88. The number of hydrogen-bond acceptors (Lipinski definition) is 0. The van der Waals surface area contributed by atoms with E-state index in [1.165, 1.54) is 0 Å². The van der Waals surface area contributed by atoms with Gasteiger partial charge in [-0.05, 0) is 24.6 Å². The van der Waals surface area contributed by atoms with Crippen molar-refractivity contribution in [1.29, 1.82) is 0 Å². The maximum absolute atomic E-state index is 8.73. The Hall–Kier alpha value is -1.66. The third-order valence-electron chi connectivity index (χ3n) is 2.06.